The molecule has 1 aromatic heterocycles. The van der Waals surface area contributed by atoms with Crippen molar-refractivity contribution in [2.75, 3.05) is 5.88 Å². The van der Waals surface area contributed by atoms with Crippen molar-refractivity contribution in [3.63, 3.8) is 0 Å². The van der Waals surface area contributed by atoms with E-state index in [4.69, 9.17) is 11.6 Å². The van der Waals surface area contributed by atoms with Gasteiger partial charge in [-0.1, -0.05) is 6.92 Å². The lowest BCUT2D eigenvalue weighted by Crippen LogP contribution is -2.36. The summed E-state index contributed by atoms with van der Waals surface area (Å²) < 4.78 is 0. The van der Waals surface area contributed by atoms with Gasteiger partial charge in [0.2, 0.25) is 0 Å². The standard InChI is InChI=1S/C12H17ClN2O/c1-4-10(7-13)15-12(16)11-6-5-8(2)14-9(11)3/h5-6,10H,4,7H2,1-3H3,(H,15,16). The number of hydrogen-bond acceptors (Lipinski definition) is 2. The van der Waals surface area contributed by atoms with Gasteiger partial charge in [0.05, 0.1) is 11.3 Å². The molecule has 1 aromatic rings. The number of carbonyl (C=O) groups excluding carboxylic acids is 1. The van der Waals surface area contributed by atoms with Crippen molar-refractivity contribution < 1.29 is 4.79 Å². The number of hydrogen-bond donors (Lipinski definition) is 1. The average molecular weight is 241 g/mol. The van der Waals surface area contributed by atoms with E-state index in [2.05, 4.69) is 10.3 Å². The highest BCUT2D eigenvalue weighted by Gasteiger charge is 2.13. The molecule has 0 spiro atoms. The highest BCUT2D eigenvalue weighted by molar-refractivity contribution is 6.18. The first kappa shape index (κ1) is 13.0. The summed E-state index contributed by atoms with van der Waals surface area (Å²) in [5, 5.41) is 2.88. The van der Waals surface area contributed by atoms with Gasteiger partial charge < -0.3 is 5.32 Å². The van der Waals surface area contributed by atoms with Crippen molar-refractivity contribution in [2.24, 2.45) is 0 Å². The normalized spacial score (nSPS) is 12.2. The Morgan fingerprint density at radius 3 is 2.69 bits per heavy atom. The Morgan fingerprint density at radius 2 is 2.19 bits per heavy atom. The number of halogens is 1. The van der Waals surface area contributed by atoms with E-state index >= 15 is 0 Å². The van der Waals surface area contributed by atoms with Gasteiger partial charge >= 0.3 is 0 Å². The largest absolute Gasteiger partial charge is 0.348 e. The Bertz CT molecular complexity index is 375. The second-order valence-electron chi connectivity index (χ2n) is 3.82. The van der Waals surface area contributed by atoms with Crippen molar-refractivity contribution in [3.8, 4) is 0 Å². The number of aromatic nitrogens is 1. The molecule has 0 radical (unpaired) electrons. The van der Waals surface area contributed by atoms with E-state index in [9.17, 15) is 4.79 Å². The fourth-order valence-electron chi connectivity index (χ4n) is 1.44. The smallest absolute Gasteiger partial charge is 0.253 e. The van der Waals surface area contributed by atoms with E-state index in [1.54, 1.807) is 6.07 Å². The summed E-state index contributed by atoms with van der Waals surface area (Å²) in [6, 6.07) is 3.66. The monoisotopic (exact) mass is 240 g/mol. The zero-order chi connectivity index (χ0) is 12.1. The summed E-state index contributed by atoms with van der Waals surface area (Å²) >= 11 is 5.73. The number of amides is 1. The Labute approximate surface area is 101 Å². The van der Waals surface area contributed by atoms with Gasteiger partial charge in [0, 0.05) is 17.6 Å². The average Bonchev–Trinajstić information content (AvgIpc) is 2.25. The highest BCUT2D eigenvalue weighted by Crippen LogP contribution is 2.07. The van der Waals surface area contributed by atoms with Gasteiger partial charge in [-0.25, -0.2) is 0 Å². The van der Waals surface area contributed by atoms with Gasteiger partial charge in [0.15, 0.2) is 0 Å². The summed E-state index contributed by atoms with van der Waals surface area (Å²) in [7, 11) is 0. The van der Waals surface area contributed by atoms with E-state index in [-0.39, 0.29) is 11.9 Å². The minimum atomic E-state index is -0.0995. The lowest BCUT2D eigenvalue weighted by Gasteiger charge is -2.14. The maximum atomic E-state index is 11.9. The Morgan fingerprint density at radius 1 is 1.50 bits per heavy atom. The molecule has 0 aliphatic heterocycles. The Balaban J connectivity index is 2.80. The van der Waals surface area contributed by atoms with Crippen LogP contribution in [0.25, 0.3) is 0 Å². The fraction of sp³-hybridized carbons (Fsp3) is 0.500. The maximum absolute atomic E-state index is 11.9. The third-order valence-electron chi connectivity index (χ3n) is 2.48. The molecule has 1 rings (SSSR count). The molecule has 4 heteroatoms. The predicted molar refractivity (Wildman–Crippen MR) is 66.0 cm³/mol. The predicted octanol–water partition coefficient (Wildman–Crippen LogP) is 2.45. The first-order valence-corrected chi connectivity index (χ1v) is 5.93. The van der Waals surface area contributed by atoms with Crippen molar-refractivity contribution >= 4 is 17.5 Å². The molecule has 1 unspecified atom stereocenters. The molecule has 1 heterocycles. The third-order valence-corrected chi connectivity index (χ3v) is 2.86. The Kier molecular flexibility index (Phi) is 4.74. The number of carbonyl (C=O) groups is 1. The van der Waals surface area contributed by atoms with Crippen molar-refractivity contribution in [1.82, 2.24) is 10.3 Å². The van der Waals surface area contributed by atoms with Crippen LogP contribution < -0.4 is 5.32 Å². The van der Waals surface area contributed by atoms with Crippen molar-refractivity contribution in [2.45, 2.75) is 33.2 Å². The van der Waals surface area contributed by atoms with Crippen LogP contribution in [0.4, 0.5) is 0 Å². The van der Waals surface area contributed by atoms with Crippen LogP contribution in [0.2, 0.25) is 0 Å². The second-order valence-corrected chi connectivity index (χ2v) is 4.13. The maximum Gasteiger partial charge on any atom is 0.253 e. The van der Waals surface area contributed by atoms with Crippen LogP contribution in [0.1, 0.15) is 35.1 Å². The molecule has 3 nitrogen and oxygen atoms in total. The molecule has 16 heavy (non-hydrogen) atoms. The van der Waals surface area contributed by atoms with Crippen LogP contribution in [-0.2, 0) is 0 Å². The van der Waals surface area contributed by atoms with E-state index in [1.165, 1.54) is 0 Å². The number of alkyl halides is 1. The minimum absolute atomic E-state index is 0.0230. The van der Waals surface area contributed by atoms with Crippen LogP contribution in [-0.4, -0.2) is 22.8 Å². The molecular weight excluding hydrogens is 224 g/mol. The number of aryl methyl sites for hydroxylation is 2. The number of nitrogens with one attached hydrogen (secondary N) is 1. The molecule has 0 aromatic carbocycles. The molecule has 0 fully saturated rings. The molecule has 0 aliphatic rings. The van der Waals surface area contributed by atoms with Crippen molar-refractivity contribution in [1.29, 1.82) is 0 Å². The van der Waals surface area contributed by atoms with Crippen LogP contribution in [0.3, 0.4) is 0 Å². The summed E-state index contributed by atoms with van der Waals surface area (Å²) in [5.74, 6) is 0.332. The first-order valence-electron chi connectivity index (χ1n) is 5.39. The van der Waals surface area contributed by atoms with Gasteiger partial charge in [0.25, 0.3) is 5.91 Å². The van der Waals surface area contributed by atoms with E-state index in [1.807, 2.05) is 26.8 Å². The Hall–Kier alpha value is -1.09. The first-order chi connectivity index (χ1) is 7.58. The number of rotatable bonds is 4. The SMILES string of the molecule is CCC(CCl)NC(=O)c1ccc(C)nc1C. The zero-order valence-electron chi connectivity index (χ0n) is 9.88. The van der Waals surface area contributed by atoms with Crippen molar-refractivity contribution in [3.05, 3.63) is 29.1 Å². The van der Waals surface area contributed by atoms with E-state index in [0.717, 1.165) is 17.8 Å². The molecule has 0 bridgehead atoms. The van der Waals surface area contributed by atoms with Gasteiger partial charge in [0.1, 0.15) is 0 Å². The molecular formula is C12H17ClN2O. The summed E-state index contributed by atoms with van der Waals surface area (Å²) in [5.41, 5.74) is 2.29. The topological polar surface area (TPSA) is 42.0 Å². The summed E-state index contributed by atoms with van der Waals surface area (Å²) in [6.07, 6.45) is 0.827. The van der Waals surface area contributed by atoms with Crippen LogP contribution in [0.5, 0.6) is 0 Å². The summed E-state index contributed by atoms with van der Waals surface area (Å²) in [6.45, 7) is 5.74. The third kappa shape index (κ3) is 3.20. The van der Waals surface area contributed by atoms with Gasteiger partial charge in [-0.15, -0.1) is 11.6 Å². The second kappa shape index (κ2) is 5.85. The van der Waals surface area contributed by atoms with Gasteiger partial charge in [-0.3, -0.25) is 9.78 Å². The quantitative estimate of drug-likeness (QED) is 0.822. The van der Waals surface area contributed by atoms with Crippen LogP contribution in [0.15, 0.2) is 12.1 Å². The lowest BCUT2D eigenvalue weighted by atomic mass is 10.1. The molecule has 1 N–H and O–H groups in total. The summed E-state index contributed by atoms with van der Waals surface area (Å²) in [4.78, 5) is 16.2. The minimum Gasteiger partial charge on any atom is -0.348 e. The van der Waals surface area contributed by atoms with E-state index in [0.29, 0.717) is 11.4 Å². The zero-order valence-corrected chi connectivity index (χ0v) is 10.6. The molecule has 0 saturated carbocycles. The molecule has 0 saturated heterocycles. The highest BCUT2D eigenvalue weighted by atomic mass is 35.5. The molecule has 1 atom stereocenters. The number of nitrogens with zero attached hydrogens (tertiary/aromatic N) is 1. The molecule has 88 valence electrons. The van der Waals surface area contributed by atoms with Gasteiger partial charge in [-0.05, 0) is 32.4 Å². The molecule has 1 amide bonds. The number of pyridine rings is 1. The molecule has 0 aliphatic carbocycles. The van der Waals surface area contributed by atoms with Gasteiger partial charge in [-0.2, -0.15) is 0 Å². The fourth-order valence-corrected chi connectivity index (χ4v) is 1.73. The lowest BCUT2D eigenvalue weighted by molar-refractivity contribution is 0.0938. The van der Waals surface area contributed by atoms with Crippen LogP contribution in [0, 0.1) is 13.8 Å². The van der Waals surface area contributed by atoms with E-state index < -0.39 is 0 Å². The van der Waals surface area contributed by atoms with Crippen LogP contribution >= 0.6 is 11.6 Å².